The number of carbonyl (C=O) groups is 1. The van der Waals surface area contributed by atoms with Crippen LogP contribution in [0.1, 0.15) is 16.1 Å². The second kappa shape index (κ2) is 7.51. The van der Waals surface area contributed by atoms with Crippen LogP contribution in [0.3, 0.4) is 0 Å². The van der Waals surface area contributed by atoms with Crippen LogP contribution in [-0.4, -0.2) is 42.1 Å². The van der Waals surface area contributed by atoms with Crippen LogP contribution in [0.2, 0.25) is 5.02 Å². The number of aromatic nitrogens is 1. The second-order valence-electron chi connectivity index (χ2n) is 5.65. The molecule has 1 aromatic carbocycles. The van der Waals surface area contributed by atoms with Gasteiger partial charge >= 0.3 is 6.18 Å². The number of amides is 1. The lowest BCUT2D eigenvalue weighted by Gasteiger charge is -2.26. The summed E-state index contributed by atoms with van der Waals surface area (Å²) in [7, 11) is 0. The third kappa shape index (κ3) is 4.25. The normalized spacial score (nSPS) is 15.0. The summed E-state index contributed by atoms with van der Waals surface area (Å²) in [5, 5.41) is 2.46. The zero-order valence-electron chi connectivity index (χ0n) is 13.5. The molecule has 1 N–H and O–H groups in total. The van der Waals surface area contributed by atoms with Crippen LogP contribution >= 0.6 is 11.6 Å². The van der Waals surface area contributed by atoms with E-state index in [1.807, 2.05) is 0 Å². The number of hydrogen-bond acceptors (Lipinski definition) is 4. The summed E-state index contributed by atoms with van der Waals surface area (Å²) in [5.41, 5.74) is 0.0236. The molecule has 1 aliphatic rings. The minimum atomic E-state index is -4.54. The average molecular weight is 386 g/mol. The number of nitrogens with one attached hydrogen (secondary N) is 1. The largest absolute Gasteiger partial charge is 0.417 e. The van der Waals surface area contributed by atoms with Crippen LogP contribution in [0.25, 0.3) is 0 Å². The van der Waals surface area contributed by atoms with Crippen LogP contribution in [0.15, 0.2) is 36.5 Å². The van der Waals surface area contributed by atoms with E-state index in [2.05, 4.69) is 10.3 Å². The Morgan fingerprint density at radius 2 is 1.85 bits per heavy atom. The number of rotatable bonds is 3. The summed E-state index contributed by atoms with van der Waals surface area (Å²) in [6.07, 6.45) is -3.14. The Labute approximate surface area is 152 Å². The molecule has 9 heteroatoms. The summed E-state index contributed by atoms with van der Waals surface area (Å²) < 4.78 is 43.9. The maximum atomic E-state index is 12.9. The van der Waals surface area contributed by atoms with Gasteiger partial charge in [0.05, 0.1) is 35.7 Å². The number of alkyl halides is 3. The fourth-order valence-electron chi connectivity index (χ4n) is 2.51. The van der Waals surface area contributed by atoms with Gasteiger partial charge in [-0.25, -0.2) is 4.98 Å². The molecule has 0 aliphatic carbocycles. The number of anilines is 2. The van der Waals surface area contributed by atoms with Crippen molar-refractivity contribution in [3.63, 3.8) is 0 Å². The SMILES string of the molecule is O=C(c1ccc(Nc2ccc(Cl)c(C(F)(F)F)c2)cn1)N1CCOCC1. The van der Waals surface area contributed by atoms with Crippen LogP contribution in [0, 0.1) is 0 Å². The summed E-state index contributed by atoms with van der Waals surface area (Å²) in [6, 6.07) is 6.65. The van der Waals surface area contributed by atoms with Crippen LogP contribution < -0.4 is 5.32 Å². The Kier molecular flexibility index (Phi) is 5.33. The van der Waals surface area contributed by atoms with Gasteiger partial charge in [-0.15, -0.1) is 0 Å². The van der Waals surface area contributed by atoms with Crippen molar-refractivity contribution in [3.8, 4) is 0 Å². The molecule has 1 aliphatic heterocycles. The number of halogens is 4. The van der Waals surface area contributed by atoms with E-state index in [1.54, 1.807) is 11.0 Å². The second-order valence-corrected chi connectivity index (χ2v) is 6.06. The van der Waals surface area contributed by atoms with Gasteiger partial charge in [0.2, 0.25) is 0 Å². The molecule has 1 fully saturated rings. The van der Waals surface area contributed by atoms with Crippen molar-refractivity contribution in [1.29, 1.82) is 0 Å². The van der Waals surface area contributed by atoms with Gasteiger partial charge in [-0.2, -0.15) is 13.2 Å². The quantitative estimate of drug-likeness (QED) is 0.868. The molecule has 1 aromatic heterocycles. The molecule has 138 valence electrons. The third-order valence-electron chi connectivity index (χ3n) is 3.84. The highest BCUT2D eigenvalue weighted by Gasteiger charge is 2.33. The average Bonchev–Trinajstić information content (AvgIpc) is 2.63. The van der Waals surface area contributed by atoms with Crippen molar-refractivity contribution >= 4 is 28.9 Å². The van der Waals surface area contributed by atoms with Gasteiger partial charge in [0, 0.05) is 18.8 Å². The van der Waals surface area contributed by atoms with Gasteiger partial charge in [0.1, 0.15) is 5.69 Å². The zero-order valence-corrected chi connectivity index (χ0v) is 14.3. The van der Waals surface area contributed by atoms with Gasteiger partial charge in [-0.1, -0.05) is 11.6 Å². The van der Waals surface area contributed by atoms with E-state index in [4.69, 9.17) is 16.3 Å². The molecule has 0 radical (unpaired) electrons. The fourth-order valence-corrected chi connectivity index (χ4v) is 2.73. The topological polar surface area (TPSA) is 54.5 Å². The van der Waals surface area contributed by atoms with Gasteiger partial charge in [-0.05, 0) is 30.3 Å². The lowest BCUT2D eigenvalue weighted by Crippen LogP contribution is -2.41. The molecule has 3 rings (SSSR count). The van der Waals surface area contributed by atoms with E-state index in [1.165, 1.54) is 24.4 Å². The summed E-state index contributed by atoms with van der Waals surface area (Å²) in [4.78, 5) is 18.1. The predicted molar refractivity (Wildman–Crippen MR) is 90.7 cm³/mol. The summed E-state index contributed by atoms with van der Waals surface area (Å²) in [6.45, 7) is 1.99. The van der Waals surface area contributed by atoms with Crippen molar-refractivity contribution < 1.29 is 22.7 Å². The highest BCUT2D eigenvalue weighted by Crippen LogP contribution is 2.36. The molecule has 1 saturated heterocycles. The lowest BCUT2D eigenvalue weighted by molar-refractivity contribution is -0.137. The molecule has 0 unspecified atom stereocenters. The maximum absolute atomic E-state index is 12.9. The molecule has 0 atom stereocenters. The molecule has 0 saturated carbocycles. The number of carbonyl (C=O) groups excluding carboxylic acids is 1. The number of morpholine rings is 1. The number of hydrogen-bond donors (Lipinski definition) is 1. The molecule has 1 amide bonds. The molecule has 5 nitrogen and oxygen atoms in total. The Balaban J connectivity index is 1.72. The fraction of sp³-hybridized carbons (Fsp3) is 0.294. The van der Waals surface area contributed by atoms with E-state index in [-0.39, 0.29) is 22.3 Å². The van der Waals surface area contributed by atoms with E-state index in [0.29, 0.717) is 32.0 Å². The Morgan fingerprint density at radius 1 is 1.15 bits per heavy atom. The van der Waals surface area contributed by atoms with Crippen LogP contribution in [0.4, 0.5) is 24.5 Å². The molecule has 26 heavy (non-hydrogen) atoms. The minimum Gasteiger partial charge on any atom is -0.378 e. The lowest BCUT2D eigenvalue weighted by atomic mass is 10.2. The van der Waals surface area contributed by atoms with Gasteiger partial charge < -0.3 is 15.0 Å². The number of ether oxygens (including phenoxy) is 1. The summed E-state index contributed by atoms with van der Waals surface area (Å²) >= 11 is 5.60. The monoisotopic (exact) mass is 385 g/mol. The molecule has 2 aromatic rings. The van der Waals surface area contributed by atoms with Gasteiger partial charge in [-0.3, -0.25) is 4.79 Å². The molecular weight excluding hydrogens is 371 g/mol. The van der Waals surface area contributed by atoms with Crippen molar-refractivity contribution in [2.24, 2.45) is 0 Å². The molecule has 0 spiro atoms. The Hall–Kier alpha value is -2.32. The molecule has 0 bridgehead atoms. The number of nitrogens with zero attached hydrogens (tertiary/aromatic N) is 2. The zero-order chi connectivity index (χ0) is 18.7. The smallest absolute Gasteiger partial charge is 0.378 e. The van der Waals surface area contributed by atoms with Crippen molar-refractivity contribution in [3.05, 3.63) is 52.8 Å². The molecular formula is C17H15ClF3N3O2. The van der Waals surface area contributed by atoms with Gasteiger partial charge in [0.15, 0.2) is 0 Å². The highest BCUT2D eigenvalue weighted by molar-refractivity contribution is 6.31. The van der Waals surface area contributed by atoms with Crippen molar-refractivity contribution in [2.75, 3.05) is 31.6 Å². The van der Waals surface area contributed by atoms with E-state index in [9.17, 15) is 18.0 Å². The standard InChI is InChI=1S/C17H15ClF3N3O2/c18-14-3-1-11(9-13(14)17(19,20)21)23-12-2-4-15(22-10-12)16(25)24-5-7-26-8-6-24/h1-4,9-10,23H,5-8H2. The van der Waals surface area contributed by atoms with Crippen LogP contribution in [-0.2, 0) is 10.9 Å². The summed E-state index contributed by atoms with van der Waals surface area (Å²) in [5.74, 6) is -0.203. The van der Waals surface area contributed by atoms with E-state index < -0.39 is 11.7 Å². The van der Waals surface area contributed by atoms with E-state index >= 15 is 0 Å². The Bertz CT molecular complexity index is 791. The first kappa shape index (κ1) is 18.5. The number of pyridine rings is 1. The van der Waals surface area contributed by atoms with Gasteiger partial charge in [0.25, 0.3) is 5.91 Å². The number of benzene rings is 1. The third-order valence-corrected chi connectivity index (χ3v) is 4.17. The first-order chi connectivity index (χ1) is 12.3. The Morgan fingerprint density at radius 3 is 2.46 bits per heavy atom. The first-order valence-corrected chi connectivity index (χ1v) is 8.19. The maximum Gasteiger partial charge on any atom is 0.417 e. The van der Waals surface area contributed by atoms with E-state index in [0.717, 1.165) is 6.07 Å². The van der Waals surface area contributed by atoms with Crippen molar-refractivity contribution in [1.82, 2.24) is 9.88 Å². The minimum absolute atomic E-state index is 0.203. The van der Waals surface area contributed by atoms with Crippen molar-refractivity contribution in [2.45, 2.75) is 6.18 Å². The van der Waals surface area contributed by atoms with Crippen LogP contribution in [0.5, 0.6) is 0 Å². The molecule has 2 heterocycles. The highest BCUT2D eigenvalue weighted by atomic mass is 35.5. The predicted octanol–water partition coefficient (Wildman–Crippen LogP) is 3.97. The first-order valence-electron chi connectivity index (χ1n) is 7.81.